The van der Waals surface area contributed by atoms with E-state index in [1.807, 2.05) is 36.2 Å². The highest BCUT2D eigenvalue weighted by atomic mass is 35.5. The summed E-state index contributed by atoms with van der Waals surface area (Å²) in [6.07, 6.45) is 0.359. The van der Waals surface area contributed by atoms with Gasteiger partial charge in [-0.25, -0.2) is 0 Å². The van der Waals surface area contributed by atoms with Crippen LogP contribution in [0.4, 0.5) is 0 Å². The molecule has 1 aromatic rings. The highest BCUT2D eigenvalue weighted by molar-refractivity contribution is 6.30. The van der Waals surface area contributed by atoms with Gasteiger partial charge in [0.1, 0.15) is 6.54 Å². The number of hydrogen-bond acceptors (Lipinski definition) is 4. The number of benzene rings is 1. The van der Waals surface area contributed by atoms with Crippen LogP contribution in [-0.2, 0) is 20.9 Å². The van der Waals surface area contributed by atoms with E-state index in [1.54, 1.807) is 7.05 Å². The number of halogens is 1. The lowest BCUT2D eigenvalue weighted by Crippen LogP contribution is -2.34. The third-order valence-corrected chi connectivity index (χ3v) is 3.34. The van der Waals surface area contributed by atoms with Crippen molar-refractivity contribution in [3.8, 4) is 0 Å². The molecule has 5 nitrogen and oxygen atoms in total. The van der Waals surface area contributed by atoms with Crippen LogP contribution in [0, 0.1) is 0 Å². The monoisotopic (exact) mass is 312 g/mol. The summed E-state index contributed by atoms with van der Waals surface area (Å²) in [7, 11) is 4.85. The Kier molecular flexibility index (Phi) is 7.19. The molecular weight excluding hydrogens is 292 g/mol. The Morgan fingerprint density at radius 1 is 1.19 bits per heavy atom. The normalized spacial score (nSPS) is 10.5. The van der Waals surface area contributed by atoms with Crippen LogP contribution in [0.1, 0.15) is 12.0 Å². The average molecular weight is 313 g/mol. The predicted molar refractivity (Wildman–Crippen MR) is 82.1 cm³/mol. The first-order chi connectivity index (χ1) is 9.92. The molecule has 116 valence electrons. The fraction of sp³-hybridized carbons (Fsp3) is 0.467. The van der Waals surface area contributed by atoms with Crippen molar-refractivity contribution >= 4 is 23.5 Å². The largest absolute Gasteiger partial charge is 0.468 e. The molecule has 0 bridgehead atoms. The summed E-state index contributed by atoms with van der Waals surface area (Å²) in [5, 5.41) is 0.709. The average Bonchev–Trinajstić information content (AvgIpc) is 2.46. The summed E-state index contributed by atoms with van der Waals surface area (Å²) in [6, 6.07) is 7.62. The molecule has 0 N–H and O–H groups in total. The Bertz CT molecular complexity index is 476. The standard InChI is InChI=1S/C15H21ClN2O3/c1-17(10-12-4-6-13(16)7-5-12)9-8-14(19)18(2)11-15(20)21-3/h4-7H,8-11H2,1-3H3. The van der Waals surface area contributed by atoms with Gasteiger partial charge in [0, 0.05) is 31.6 Å². The molecule has 1 rings (SSSR count). The Labute approximate surface area is 130 Å². The maximum atomic E-state index is 11.9. The molecule has 0 unspecified atom stereocenters. The number of nitrogens with zero attached hydrogens (tertiary/aromatic N) is 2. The van der Waals surface area contributed by atoms with Gasteiger partial charge in [-0.15, -0.1) is 0 Å². The minimum Gasteiger partial charge on any atom is -0.468 e. The number of carbonyl (C=O) groups is 2. The van der Waals surface area contributed by atoms with Crippen LogP contribution in [0.25, 0.3) is 0 Å². The summed E-state index contributed by atoms with van der Waals surface area (Å²) in [5.74, 6) is -0.497. The summed E-state index contributed by atoms with van der Waals surface area (Å²) in [5.41, 5.74) is 1.14. The van der Waals surface area contributed by atoms with Gasteiger partial charge in [-0.3, -0.25) is 9.59 Å². The third kappa shape index (κ3) is 6.60. The molecular formula is C15H21ClN2O3. The van der Waals surface area contributed by atoms with Gasteiger partial charge >= 0.3 is 5.97 Å². The molecule has 0 fully saturated rings. The molecule has 0 radical (unpaired) electrons. The van der Waals surface area contributed by atoms with Crippen molar-refractivity contribution in [2.45, 2.75) is 13.0 Å². The maximum Gasteiger partial charge on any atom is 0.325 e. The zero-order valence-electron chi connectivity index (χ0n) is 12.6. The number of esters is 1. The molecule has 1 aromatic carbocycles. The molecule has 0 aliphatic rings. The van der Waals surface area contributed by atoms with Crippen LogP contribution in [0.5, 0.6) is 0 Å². The predicted octanol–water partition coefficient (Wildman–Crippen LogP) is 1.79. The van der Waals surface area contributed by atoms with Crippen LogP contribution in [0.2, 0.25) is 5.02 Å². The van der Waals surface area contributed by atoms with E-state index >= 15 is 0 Å². The topological polar surface area (TPSA) is 49.9 Å². The van der Waals surface area contributed by atoms with Crippen molar-refractivity contribution in [1.29, 1.82) is 0 Å². The molecule has 0 atom stereocenters. The van der Waals surface area contributed by atoms with E-state index in [2.05, 4.69) is 4.74 Å². The third-order valence-electron chi connectivity index (χ3n) is 3.09. The van der Waals surface area contributed by atoms with Crippen molar-refractivity contribution in [2.75, 3.05) is 34.3 Å². The highest BCUT2D eigenvalue weighted by Crippen LogP contribution is 2.11. The second-order valence-electron chi connectivity index (χ2n) is 4.94. The summed E-state index contributed by atoms with van der Waals surface area (Å²) >= 11 is 5.84. The molecule has 0 saturated carbocycles. The fourth-order valence-electron chi connectivity index (χ4n) is 1.80. The quantitative estimate of drug-likeness (QED) is 0.720. The van der Waals surface area contributed by atoms with Crippen molar-refractivity contribution in [3.05, 3.63) is 34.9 Å². The molecule has 0 spiro atoms. The van der Waals surface area contributed by atoms with Crippen molar-refractivity contribution in [2.24, 2.45) is 0 Å². The van der Waals surface area contributed by atoms with Crippen LogP contribution >= 0.6 is 11.6 Å². The van der Waals surface area contributed by atoms with Gasteiger partial charge in [0.15, 0.2) is 0 Å². The lowest BCUT2D eigenvalue weighted by atomic mass is 10.2. The van der Waals surface area contributed by atoms with Gasteiger partial charge in [-0.1, -0.05) is 23.7 Å². The molecule has 1 amide bonds. The van der Waals surface area contributed by atoms with Gasteiger partial charge in [-0.2, -0.15) is 0 Å². The second-order valence-corrected chi connectivity index (χ2v) is 5.38. The zero-order valence-corrected chi connectivity index (χ0v) is 13.4. The Hall–Kier alpha value is -1.59. The van der Waals surface area contributed by atoms with Crippen LogP contribution in [0.3, 0.4) is 0 Å². The highest BCUT2D eigenvalue weighted by Gasteiger charge is 2.13. The lowest BCUT2D eigenvalue weighted by Gasteiger charge is -2.19. The maximum absolute atomic E-state index is 11.9. The van der Waals surface area contributed by atoms with Crippen molar-refractivity contribution in [1.82, 2.24) is 9.80 Å². The first-order valence-corrected chi connectivity index (χ1v) is 7.04. The van der Waals surface area contributed by atoms with E-state index in [4.69, 9.17) is 11.6 Å². The molecule has 0 heterocycles. The second kappa shape index (κ2) is 8.64. The van der Waals surface area contributed by atoms with Gasteiger partial charge in [0.05, 0.1) is 7.11 Å². The summed E-state index contributed by atoms with van der Waals surface area (Å²) < 4.78 is 4.53. The molecule has 21 heavy (non-hydrogen) atoms. The Balaban J connectivity index is 2.35. The van der Waals surface area contributed by atoms with Crippen LogP contribution in [0.15, 0.2) is 24.3 Å². The van der Waals surface area contributed by atoms with Gasteiger partial charge in [0.25, 0.3) is 0 Å². The number of ether oxygens (including phenoxy) is 1. The van der Waals surface area contributed by atoms with Gasteiger partial charge in [0.2, 0.25) is 5.91 Å². The minimum atomic E-state index is -0.416. The number of rotatable bonds is 7. The molecule has 0 aliphatic heterocycles. The SMILES string of the molecule is COC(=O)CN(C)C(=O)CCN(C)Cc1ccc(Cl)cc1. The first kappa shape index (κ1) is 17.5. The molecule has 0 aromatic heterocycles. The number of likely N-dealkylation sites (N-methyl/N-ethyl adjacent to an activating group) is 1. The fourth-order valence-corrected chi connectivity index (χ4v) is 1.93. The summed E-state index contributed by atoms with van der Waals surface area (Å²) in [6.45, 7) is 1.34. The van der Waals surface area contributed by atoms with E-state index < -0.39 is 5.97 Å². The van der Waals surface area contributed by atoms with Crippen LogP contribution < -0.4 is 0 Å². The Morgan fingerprint density at radius 3 is 2.38 bits per heavy atom. The Morgan fingerprint density at radius 2 is 1.81 bits per heavy atom. The van der Waals surface area contributed by atoms with E-state index in [0.29, 0.717) is 18.0 Å². The van der Waals surface area contributed by atoms with Crippen molar-refractivity contribution < 1.29 is 14.3 Å². The van der Waals surface area contributed by atoms with E-state index in [-0.39, 0.29) is 12.5 Å². The zero-order chi connectivity index (χ0) is 15.8. The number of amides is 1. The van der Waals surface area contributed by atoms with E-state index in [0.717, 1.165) is 12.1 Å². The van der Waals surface area contributed by atoms with Gasteiger partial charge in [-0.05, 0) is 24.7 Å². The van der Waals surface area contributed by atoms with Crippen LogP contribution in [-0.4, -0.2) is 56.0 Å². The summed E-state index contributed by atoms with van der Waals surface area (Å²) in [4.78, 5) is 26.4. The molecule has 0 saturated heterocycles. The first-order valence-electron chi connectivity index (χ1n) is 6.66. The molecule has 0 aliphatic carbocycles. The number of methoxy groups -OCH3 is 1. The van der Waals surface area contributed by atoms with E-state index in [9.17, 15) is 9.59 Å². The smallest absolute Gasteiger partial charge is 0.325 e. The van der Waals surface area contributed by atoms with Crippen molar-refractivity contribution in [3.63, 3.8) is 0 Å². The lowest BCUT2D eigenvalue weighted by molar-refractivity contribution is -0.146. The van der Waals surface area contributed by atoms with E-state index in [1.165, 1.54) is 12.0 Å². The minimum absolute atomic E-state index is 0.0176. The molecule has 6 heteroatoms. The number of hydrogen-bond donors (Lipinski definition) is 0. The van der Waals surface area contributed by atoms with Gasteiger partial charge < -0.3 is 14.5 Å². The number of carbonyl (C=O) groups excluding carboxylic acids is 2.